The first kappa shape index (κ1) is 30.6. The maximum absolute atomic E-state index is 13.9. The Morgan fingerprint density at radius 1 is 1.10 bits per heavy atom. The molecule has 0 aliphatic rings. The van der Waals surface area contributed by atoms with Crippen LogP contribution in [0.25, 0.3) is 11.1 Å². The number of aromatic nitrogens is 2. The van der Waals surface area contributed by atoms with Crippen molar-refractivity contribution in [2.75, 3.05) is 21.2 Å². The molecule has 40 heavy (non-hydrogen) atoms. The molecule has 0 aliphatic carbocycles. The largest absolute Gasteiger partial charge is 0.497 e. The van der Waals surface area contributed by atoms with E-state index in [0.717, 1.165) is 28.0 Å². The molecule has 0 fully saturated rings. The Morgan fingerprint density at radius 2 is 1.77 bits per heavy atom. The zero-order valence-electron chi connectivity index (χ0n) is 24.4. The number of aliphatic carboxylic acids is 1. The number of benzene rings is 1. The molecule has 1 amide bonds. The van der Waals surface area contributed by atoms with Crippen molar-refractivity contribution in [1.29, 1.82) is 0 Å². The molecule has 0 bridgehead atoms. The first-order chi connectivity index (χ1) is 18.9. The zero-order chi connectivity index (χ0) is 29.6. The second kappa shape index (κ2) is 13.4. The standard InChI is InChI=1S/C31H40N4O5/c1-19(2)11-27(35-24(18-34(5)6)9-8-10-28(35)36)31(39)33-26(15-29(37)38)22-14-23(17-32-16-22)30-20(3)12-25(40-7)13-21(30)4/h8-10,12-14,16-17,19,26-27H,11,15,18H2,1-7H3,(H,33,39)(H,37,38)/t26-,27-/m0/s1. The minimum absolute atomic E-state index is 0.110. The number of hydrogen-bond acceptors (Lipinski definition) is 6. The van der Waals surface area contributed by atoms with E-state index < -0.39 is 24.0 Å². The summed E-state index contributed by atoms with van der Waals surface area (Å²) < 4.78 is 6.92. The highest BCUT2D eigenvalue weighted by atomic mass is 16.5. The molecule has 0 aliphatic heterocycles. The second-order valence-corrected chi connectivity index (χ2v) is 10.9. The third-order valence-electron chi connectivity index (χ3n) is 6.75. The first-order valence-corrected chi connectivity index (χ1v) is 13.4. The van der Waals surface area contributed by atoms with Gasteiger partial charge in [-0.25, -0.2) is 0 Å². The average molecular weight is 549 g/mol. The molecule has 0 unspecified atom stereocenters. The van der Waals surface area contributed by atoms with E-state index in [1.807, 2.05) is 71.0 Å². The van der Waals surface area contributed by atoms with E-state index in [9.17, 15) is 19.5 Å². The van der Waals surface area contributed by atoms with Crippen LogP contribution in [0.3, 0.4) is 0 Å². The van der Waals surface area contributed by atoms with Crippen LogP contribution in [0, 0.1) is 19.8 Å². The van der Waals surface area contributed by atoms with Crippen LogP contribution in [-0.4, -0.2) is 52.6 Å². The van der Waals surface area contributed by atoms with Gasteiger partial charge in [-0.3, -0.25) is 23.9 Å². The summed E-state index contributed by atoms with van der Waals surface area (Å²) in [6, 6.07) is 9.06. The maximum Gasteiger partial charge on any atom is 0.305 e. The number of carboxylic acids is 1. The maximum atomic E-state index is 13.9. The Kier molecular flexibility index (Phi) is 10.2. The molecule has 3 aromatic rings. The Bertz CT molecular complexity index is 1390. The highest BCUT2D eigenvalue weighted by Gasteiger charge is 2.28. The highest BCUT2D eigenvalue weighted by Crippen LogP contribution is 2.32. The third-order valence-corrected chi connectivity index (χ3v) is 6.75. The molecule has 2 atom stereocenters. The van der Waals surface area contributed by atoms with Gasteiger partial charge in [0.1, 0.15) is 11.8 Å². The van der Waals surface area contributed by atoms with Gasteiger partial charge in [0, 0.05) is 36.3 Å². The first-order valence-electron chi connectivity index (χ1n) is 13.4. The molecule has 1 aromatic carbocycles. The smallest absolute Gasteiger partial charge is 0.305 e. The van der Waals surface area contributed by atoms with E-state index in [1.54, 1.807) is 25.6 Å². The molecule has 0 radical (unpaired) electrons. The number of carboxylic acid groups (broad SMARTS) is 1. The predicted octanol–water partition coefficient (Wildman–Crippen LogP) is 4.52. The highest BCUT2D eigenvalue weighted by molar-refractivity contribution is 5.82. The van der Waals surface area contributed by atoms with Crippen molar-refractivity contribution in [3.63, 3.8) is 0 Å². The number of carbonyl (C=O) groups is 2. The Morgan fingerprint density at radius 3 is 2.35 bits per heavy atom. The van der Waals surface area contributed by atoms with Crippen molar-refractivity contribution in [2.24, 2.45) is 5.92 Å². The normalized spacial score (nSPS) is 12.8. The van der Waals surface area contributed by atoms with Gasteiger partial charge in [0.2, 0.25) is 5.91 Å². The topological polar surface area (TPSA) is 114 Å². The number of nitrogens with one attached hydrogen (secondary N) is 1. The number of pyridine rings is 2. The van der Waals surface area contributed by atoms with E-state index in [1.165, 1.54) is 10.6 Å². The molecule has 2 aromatic heterocycles. The summed E-state index contributed by atoms with van der Waals surface area (Å²) in [7, 11) is 5.41. The molecule has 9 heteroatoms. The minimum Gasteiger partial charge on any atom is -0.497 e. The Balaban J connectivity index is 2.04. The van der Waals surface area contributed by atoms with Crippen LogP contribution in [0.4, 0.5) is 0 Å². The fourth-order valence-corrected chi connectivity index (χ4v) is 5.10. The van der Waals surface area contributed by atoms with Crippen LogP contribution in [0.2, 0.25) is 0 Å². The van der Waals surface area contributed by atoms with Gasteiger partial charge < -0.3 is 20.1 Å². The molecule has 0 spiro atoms. The number of ether oxygens (including phenoxy) is 1. The van der Waals surface area contributed by atoms with Crippen LogP contribution < -0.4 is 15.6 Å². The zero-order valence-corrected chi connectivity index (χ0v) is 24.4. The van der Waals surface area contributed by atoms with Gasteiger partial charge in [-0.05, 0) is 86.8 Å². The summed E-state index contributed by atoms with van der Waals surface area (Å²) in [4.78, 5) is 45.1. The van der Waals surface area contributed by atoms with Crippen molar-refractivity contribution in [3.8, 4) is 16.9 Å². The Labute approximate surface area is 235 Å². The summed E-state index contributed by atoms with van der Waals surface area (Å²) in [5.74, 6) is -0.604. The number of methoxy groups -OCH3 is 1. The number of hydrogen-bond donors (Lipinski definition) is 2. The molecule has 9 nitrogen and oxygen atoms in total. The van der Waals surface area contributed by atoms with Gasteiger partial charge in [0.05, 0.1) is 19.6 Å². The van der Waals surface area contributed by atoms with Crippen LogP contribution >= 0.6 is 0 Å². The number of rotatable bonds is 12. The van der Waals surface area contributed by atoms with Crippen LogP contribution in [0.5, 0.6) is 5.75 Å². The van der Waals surface area contributed by atoms with Crippen LogP contribution in [0.1, 0.15) is 61.2 Å². The van der Waals surface area contributed by atoms with Crippen molar-refractivity contribution in [3.05, 3.63) is 81.5 Å². The predicted molar refractivity (Wildman–Crippen MR) is 155 cm³/mol. The number of nitrogens with zero attached hydrogens (tertiary/aromatic N) is 3. The fourth-order valence-electron chi connectivity index (χ4n) is 5.10. The summed E-state index contributed by atoms with van der Waals surface area (Å²) >= 11 is 0. The van der Waals surface area contributed by atoms with Crippen molar-refractivity contribution in [1.82, 2.24) is 19.8 Å². The lowest BCUT2D eigenvalue weighted by molar-refractivity contribution is -0.138. The molecule has 2 heterocycles. The van der Waals surface area contributed by atoms with Gasteiger partial charge >= 0.3 is 5.97 Å². The van der Waals surface area contributed by atoms with E-state index in [4.69, 9.17) is 4.74 Å². The molecule has 0 saturated carbocycles. The third kappa shape index (κ3) is 7.57. The lowest BCUT2D eigenvalue weighted by Gasteiger charge is -2.27. The van der Waals surface area contributed by atoms with E-state index in [-0.39, 0.29) is 17.9 Å². The quantitative estimate of drug-likeness (QED) is 0.342. The molecule has 214 valence electrons. The number of carbonyl (C=O) groups excluding carboxylic acids is 1. The van der Waals surface area contributed by atoms with Gasteiger partial charge in [0.25, 0.3) is 5.56 Å². The lowest BCUT2D eigenvalue weighted by Crippen LogP contribution is -2.41. The number of amides is 1. The van der Waals surface area contributed by atoms with Gasteiger partial charge in [-0.2, -0.15) is 0 Å². The molecule has 3 rings (SSSR count). The van der Waals surface area contributed by atoms with Crippen molar-refractivity contribution >= 4 is 11.9 Å². The van der Waals surface area contributed by atoms with Crippen LogP contribution in [-0.2, 0) is 16.1 Å². The fraction of sp³-hybridized carbons (Fsp3) is 0.419. The molecular formula is C31H40N4O5. The second-order valence-electron chi connectivity index (χ2n) is 10.9. The van der Waals surface area contributed by atoms with E-state index >= 15 is 0 Å². The SMILES string of the molecule is COc1cc(C)c(-c2cncc([C@H](CC(=O)O)NC(=O)[C@H](CC(C)C)n3c(CN(C)C)cccc3=O)c2)c(C)c1. The van der Waals surface area contributed by atoms with E-state index in [0.29, 0.717) is 24.2 Å². The summed E-state index contributed by atoms with van der Waals surface area (Å²) in [6.07, 6.45) is 3.39. The molecule has 0 saturated heterocycles. The van der Waals surface area contributed by atoms with Crippen molar-refractivity contribution < 1.29 is 19.4 Å². The summed E-state index contributed by atoms with van der Waals surface area (Å²) in [5, 5.41) is 12.7. The van der Waals surface area contributed by atoms with Crippen molar-refractivity contribution in [2.45, 2.75) is 59.2 Å². The Hall–Kier alpha value is -3.98. The van der Waals surface area contributed by atoms with E-state index in [2.05, 4.69) is 10.3 Å². The van der Waals surface area contributed by atoms with Crippen LogP contribution in [0.15, 0.2) is 53.6 Å². The average Bonchev–Trinajstić information content (AvgIpc) is 2.86. The van der Waals surface area contributed by atoms with Gasteiger partial charge in [-0.15, -0.1) is 0 Å². The minimum atomic E-state index is -1.06. The monoisotopic (exact) mass is 548 g/mol. The molecule has 2 N–H and O–H groups in total. The lowest BCUT2D eigenvalue weighted by atomic mass is 9.94. The summed E-state index contributed by atoms with van der Waals surface area (Å²) in [5.41, 5.74) is 4.77. The molecular weight excluding hydrogens is 508 g/mol. The van der Waals surface area contributed by atoms with Gasteiger partial charge in [0.15, 0.2) is 0 Å². The van der Waals surface area contributed by atoms with Gasteiger partial charge in [-0.1, -0.05) is 19.9 Å². The summed E-state index contributed by atoms with van der Waals surface area (Å²) in [6.45, 7) is 8.41. The number of aryl methyl sites for hydroxylation is 2.